The van der Waals surface area contributed by atoms with Crippen LogP contribution in [0.1, 0.15) is 92.4 Å². The van der Waals surface area contributed by atoms with Crippen molar-refractivity contribution in [3.05, 3.63) is 24.8 Å². The monoisotopic (exact) mass is 266 g/mol. The lowest BCUT2D eigenvalue weighted by molar-refractivity contribution is 0.321. The predicted molar refractivity (Wildman–Crippen MR) is 91.7 cm³/mol. The maximum Gasteiger partial charge on any atom is -0.0274 e. The van der Waals surface area contributed by atoms with Crippen LogP contribution in [0.5, 0.6) is 0 Å². The summed E-state index contributed by atoms with van der Waals surface area (Å²) < 4.78 is 0. The van der Waals surface area contributed by atoms with Gasteiger partial charge in [-0.05, 0) is 38.0 Å². The zero-order chi connectivity index (χ0) is 15.1. The van der Waals surface area contributed by atoms with E-state index < -0.39 is 0 Å². The average molecular weight is 267 g/mol. The van der Waals surface area contributed by atoms with Gasteiger partial charge in [0, 0.05) is 0 Å². The Morgan fingerprint density at radius 1 is 1.00 bits per heavy atom. The first-order valence-electron chi connectivity index (χ1n) is 8.14. The molecule has 0 nitrogen and oxygen atoms in total. The summed E-state index contributed by atoms with van der Waals surface area (Å²) in [4.78, 5) is 0. The fourth-order valence-electron chi connectivity index (χ4n) is 2.28. The Labute approximate surface area is 123 Å². The highest BCUT2D eigenvalue weighted by Gasteiger charge is 2.16. The molecule has 0 N–H and O–H groups in total. The normalized spacial score (nSPS) is 10.6. The Hall–Kier alpha value is -0.520. The Bertz CT molecular complexity index is 210. The molecule has 114 valence electrons. The van der Waals surface area contributed by atoms with Gasteiger partial charge in [0.05, 0.1) is 0 Å². The van der Waals surface area contributed by atoms with E-state index in [1.54, 1.807) is 0 Å². The van der Waals surface area contributed by atoms with Crippen LogP contribution in [0.4, 0.5) is 0 Å². The number of allylic oxidation sites excluding steroid dienone is 2. The summed E-state index contributed by atoms with van der Waals surface area (Å²) in [7, 11) is 0. The van der Waals surface area contributed by atoms with Gasteiger partial charge in [0.15, 0.2) is 0 Å². The molecule has 0 aromatic heterocycles. The third-order valence-corrected chi connectivity index (χ3v) is 3.25. The third-order valence-electron chi connectivity index (χ3n) is 3.25. The topological polar surface area (TPSA) is 0 Å². The summed E-state index contributed by atoms with van der Waals surface area (Å²) >= 11 is 0. The van der Waals surface area contributed by atoms with Crippen LogP contribution in [0.2, 0.25) is 0 Å². The van der Waals surface area contributed by atoms with Crippen molar-refractivity contribution in [2.45, 2.75) is 92.4 Å². The summed E-state index contributed by atoms with van der Waals surface area (Å²) in [5.41, 5.74) is 1.79. The van der Waals surface area contributed by atoms with Gasteiger partial charge >= 0.3 is 0 Å². The first-order chi connectivity index (χ1) is 8.89. The SMILES string of the molecule is C=C(C)CC(C)(C)CCCC.C=CCCCCCC. The van der Waals surface area contributed by atoms with Crippen LogP contribution in [0.25, 0.3) is 0 Å². The molecule has 0 atom stereocenters. The van der Waals surface area contributed by atoms with Crippen LogP contribution in [0.15, 0.2) is 24.8 Å². The summed E-state index contributed by atoms with van der Waals surface area (Å²) in [6.45, 7) is 18.9. The third kappa shape index (κ3) is 20.0. The minimum absolute atomic E-state index is 0.474. The van der Waals surface area contributed by atoms with E-state index in [-0.39, 0.29) is 0 Å². The quantitative estimate of drug-likeness (QED) is 0.287. The van der Waals surface area contributed by atoms with Crippen molar-refractivity contribution in [2.24, 2.45) is 5.41 Å². The smallest absolute Gasteiger partial charge is 0.0274 e. The van der Waals surface area contributed by atoms with E-state index in [0.29, 0.717) is 5.41 Å². The molecule has 0 aliphatic carbocycles. The van der Waals surface area contributed by atoms with Crippen molar-refractivity contribution >= 4 is 0 Å². The Balaban J connectivity index is 0. The summed E-state index contributed by atoms with van der Waals surface area (Å²) in [6.07, 6.45) is 13.8. The standard InChI is InChI=1S/C11H22.C8H16/c1-6-7-8-11(4,5)9-10(2)3;1-3-5-7-8-6-4-2/h2,6-9H2,1,3-5H3;3H,1,4-8H2,2H3. The van der Waals surface area contributed by atoms with Gasteiger partial charge in [-0.1, -0.05) is 71.4 Å². The van der Waals surface area contributed by atoms with E-state index in [2.05, 4.69) is 47.8 Å². The molecule has 0 aliphatic rings. The molecule has 0 saturated heterocycles. The lowest BCUT2D eigenvalue weighted by atomic mass is 9.82. The van der Waals surface area contributed by atoms with Crippen molar-refractivity contribution in [1.29, 1.82) is 0 Å². The molecule has 0 radical (unpaired) electrons. The number of unbranched alkanes of at least 4 members (excludes halogenated alkanes) is 5. The zero-order valence-corrected chi connectivity index (χ0v) is 14.4. The van der Waals surface area contributed by atoms with Gasteiger partial charge in [-0.15, -0.1) is 13.2 Å². The lowest BCUT2D eigenvalue weighted by Gasteiger charge is -2.24. The molecule has 19 heavy (non-hydrogen) atoms. The maximum atomic E-state index is 3.95. The van der Waals surface area contributed by atoms with Gasteiger partial charge < -0.3 is 0 Å². The second-order valence-electron chi connectivity index (χ2n) is 6.54. The molecule has 0 heterocycles. The molecule has 0 aliphatic heterocycles. The second-order valence-corrected chi connectivity index (χ2v) is 6.54. The summed E-state index contributed by atoms with van der Waals surface area (Å²) in [5.74, 6) is 0. The summed E-state index contributed by atoms with van der Waals surface area (Å²) in [5, 5.41) is 0. The molecular formula is C19H38. The van der Waals surface area contributed by atoms with Crippen molar-refractivity contribution in [1.82, 2.24) is 0 Å². The van der Waals surface area contributed by atoms with Gasteiger partial charge in [0.1, 0.15) is 0 Å². The highest BCUT2D eigenvalue weighted by atomic mass is 14.2. The number of hydrogen-bond donors (Lipinski definition) is 0. The molecule has 0 unspecified atom stereocenters. The predicted octanol–water partition coefficient (Wildman–Crippen LogP) is 7.31. The highest BCUT2D eigenvalue weighted by molar-refractivity contribution is 4.93. The summed E-state index contributed by atoms with van der Waals surface area (Å²) in [6, 6.07) is 0. The van der Waals surface area contributed by atoms with Gasteiger partial charge in [0.25, 0.3) is 0 Å². The van der Waals surface area contributed by atoms with Crippen molar-refractivity contribution in [2.75, 3.05) is 0 Å². The average Bonchev–Trinajstić information content (AvgIpc) is 2.32. The fourth-order valence-corrected chi connectivity index (χ4v) is 2.28. The molecule has 0 spiro atoms. The second kappa shape index (κ2) is 13.9. The molecule has 0 amide bonds. The van der Waals surface area contributed by atoms with Gasteiger partial charge in [-0.3, -0.25) is 0 Å². The Morgan fingerprint density at radius 2 is 1.58 bits per heavy atom. The Kier molecular flexibility index (Phi) is 15.2. The van der Waals surface area contributed by atoms with Crippen LogP contribution < -0.4 is 0 Å². The molecule has 0 saturated carbocycles. The van der Waals surface area contributed by atoms with Crippen LogP contribution in [-0.4, -0.2) is 0 Å². The van der Waals surface area contributed by atoms with Crippen molar-refractivity contribution in [3.63, 3.8) is 0 Å². The highest BCUT2D eigenvalue weighted by Crippen LogP contribution is 2.29. The van der Waals surface area contributed by atoms with E-state index >= 15 is 0 Å². The van der Waals surface area contributed by atoms with Crippen LogP contribution in [0.3, 0.4) is 0 Å². The van der Waals surface area contributed by atoms with E-state index in [0.717, 1.165) is 0 Å². The molecule has 0 heteroatoms. The first-order valence-corrected chi connectivity index (χ1v) is 8.14. The molecule has 0 bridgehead atoms. The Morgan fingerprint density at radius 3 is 2.00 bits per heavy atom. The largest absolute Gasteiger partial charge is 0.103 e. The van der Waals surface area contributed by atoms with Crippen LogP contribution >= 0.6 is 0 Å². The van der Waals surface area contributed by atoms with Gasteiger partial charge in [-0.2, -0.15) is 0 Å². The minimum Gasteiger partial charge on any atom is -0.103 e. The van der Waals surface area contributed by atoms with E-state index in [1.165, 1.54) is 63.4 Å². The number of rotatable bonds is 10. The van der Waals surface area contributed by atoms with Crippen molar-refractivity contribution < 1.29 is 0 Å². The van der Waals surface area contributed by atoms with Crippen LogP contribution in [0, 0.1) is 5.41 Å². The van der Waals surface area contributed by atoms with E-state index in [9.17, 15) is 0 Å². The van der Waals surface area contributed by atoms with E-state index in [4.69, 9.17) is 0 Å². The van der Waals surface area contributed by atoms with Crippen molar-refractivity contribution in [3.8, 4) is 0 Å². The fraction of sp³-hybridized carbons (Fsp3) is 0.789. The van der Waals surface area contributed by atoms with Gasteiger partial charge in [0.2, 0.25) is 0 Å². The molecule has 0 aromatic rings. The first kappa shape index (κ1) is 20.8. The van der Waals surface area contributed by atoms with Crippen LogP contribution in [-0.2, 0) is 0 Å². The molecule has 0 fully saturated rings. The molecule has 0 rings (SSSR count). The molecule has 0 aromatic carbocycles. The minimum atomic E-state index is 0.474. The number of hydrogen-bond acceptors (Lipinski definition) is 0. The van der Waals surface area contributed by atoms with E-state index in [1.807, 2.05) is 6.08 Å². The van der Waals surface area contributed by atoms with Gasteiger partial charge in [-0.25, -0.2) is 0 Å². The maximum absolute atomic E-state index is 3.95. The lowest BCUT2D eigenvalue weighted by Crippen LogP contribution is -2.10. The zero-order valence-electron chi connectivity index (χ0n) is 14.4. The molecular weight excluding hydrogens is 228 g/mol.